The second-order valence-corrected chi connectivity index (χ2v) is 4.61. The molecule has 2 nitrogen and oxygen atoms in total. The Morgan fingerprint density at radius 1 is 1.24 bits per heavy atom. The third-order valence-corrected chi connectivity index (χ3v) is 2.82. The van der Waals surface area contributed by atoms with E-state index in [4.69, 9.17) is 0 Å². The van der Waals surface area contributed by atoms with E-state index in [1.807, 2.05) is 0 Å². The SMILES string of the molecule is CC/C=C\C(=C/CC)CCN(C)NC(C)CC. The van der Waals surface area contributed by atoms with Gasteiger partial charge in [-0.3, -0.25) is 5.43 Å². The Morgan fingerprint density at radius 2 is 1.94 bits per heavy atom. The summed E-state index contributed by atoms with van der Waals surface area (Å²) in [4.78, 5) is 0. The van der Waals surface area contributed by atoms with Gasteiger partial charge in [0.05, 0.1) is 0 Å². The van der Waals surface area contributed by atoms with E-state index in [2.05, 4.69) is 63.4 Å². The van der Waals surface area contributed by atoms with Gasteiger partial charge in [0.2, 0.25) is 0 Å². The summed E-state index contributed by atoms with van der Waals surface area (Å²) >= 11 is 0. The van der Waals surface area contributed by atoms with E-state index in [1.165, 1.54) is 5.57 Å². The zero-order valence-corrected chi connectivity index (χ0v) is 12.3. The number of allylic oxidation sites excluding steroid dienone is 3. The van der Waals surface area contributed by atoms with Gasteiger partial charge in [0.1, 0.15) is 0 Å². The first-order valence-corrected chi connectivity index (χ1v) is 6.96. The average molecular weight is 238 g/mol. The second kappa shape index (κ2) is 10.5. The predicted octanol–water partition coefficient (Wildman–Crippen LogP) is 3.91. The lowest BCUT2D eigenvalue weighted by molar-refractivity contribution is 0.204. The van der Waals surface area contributed by atoms with E-state index < -0.39 is 0 Å². The highest BCUT2D eigenvalue weighted by Crippen LogP contribution is 2.06. The van der Waals surface area contributed by atoms with Crippen molar-refractivity contribution in [3.8, 4) is 0 Å². The summed E-state index contributed by atoms with van der Waals surface area (Å²) in [5.74, 6) is 0. The zero-order valence-electron chi connectivity index (χ0n) is 12.3. The van der Waals surface area contributed by atoms with Crippen LogP contribution in [0.15, 0.2) is 23.8 Å². The molecule has 1 N–H and O–H groups in total. The molecule has 0 aromatic carbocycles. The van der Waals surface area contributed by atoms with Gasteiger partial charge in [0.25, 0.3) is 0 Å². The molecule has 0 bridgehead atoms. The molecule has 100 valence electrons. The molecular formula is C15H30N2. The van der Waals surface area contributed by atoms with Crippen LogP contribution in [0.4, 0.5) is 0 Å². The summed E-state index contributed by atoms with van der Waals surface area (Å²) in [7, 11) is 2.12. The van der Waals surface area contributed by atoms with Crippen LogP contribution in [0.1, 0.15) is 53.4 Å². The molecule has 0 aromatic rings. The van der Waals surface area contributed by atoms with Crippen LogP contribution in [-0.4, -0.2) is 24.6 Å². The smallest absolute Gasteiger partial charge is 0.0184 e. The number of hydrogen-bond donors (Lipinski definition) is 1. The van der Waals surface area contributed by atoms with Crippen molar-refractivity contribution in [1.29, 1.82) is 0 Å². The summed E-state index contributed by atoms with van der Waals surface area (Å²) in [6.45, 7) is 9.86. The Balaban J connectivity index is 4.04. The first kappa shape index (κ1) is 16.4. The quantitative estimate of drug-likeness (QED) is 0.484. The van der Waals surface area contributed by atoms with Gasteiger partial charge >= 0.3 is 0 Å². The molecule has 0 aliphatic carbocycles. The minimum absolute atomic E-state index is 0.560. The fourth-order valence-electron chi connectivity index (χ4n) is 1.61. The maximum Gasteiger partial charge on any atom is 0.0184 e. The summed E-state index contributed by atoms with van der Waals surface area (Å²) in [6, 6.07) is 0.560. The molecule has 0 aliphatic rings. The Kier molecular flexibility index (Phi) is 10.2. The largest absolute Gasteiger partial charge is 0.253 e. The molecule has 0 spiro atoms. The third kappa shape index (κ3) is 9.13. The van der Waals surface area contributed by atoms with Crippen LogP contribution in [0.2, 0.25) is 0 Å². The number of rotatable bonds is 9. The van der Waals surface area contributed by atoms with Crippen molar-refractivity contribution in [2.24, 2.45) is 0 Å². The highest BCUT2D eigenvalue weighted by molar-refractivity contribution is 5.18. The van der Waals surface area contributed by atoms with Crippen molar-refractivity contribution in [2.75, 3.05) is 13.6 Å². The fraction of sp³-hybridized carbons (Fsp3) is 0.733. The van der Waals surface area contributed by atoms with E-state index in [-0.39, 0.29) is 0 Å². The van der Waals surface area contributed by atoms with Crippen molar-refractivity contribution in [3.05, 3.63) is 23.8 Å². The van der Waals surface area contributed by atoms with Gasteiger partial charge in [-0.1, -0.05) is 44.6 Å². The van der Waals surface area contributed by atoms with Crippen molar-refractivity contribution in [3.63, 3.8) is 0 Å². The fourth-order valence-corrected chi connectivity index (χ4v) is 1.61. The van der Waals surface area contributed by atoms with E-state index in [0.717, 1.165) is 32.2 Å². The van der Waals surface area contributed by atoms with Gasteiger partial charge in [0.15, 0.2) is 0 Å². The van der Waals surface area contributed by atoms with E-state index >= 15 is 0 Å². The lowest BCUT2D eigenvalue weighted by Crippen LogP contribution is -2.41. The normalized spacial score (nSPS) is 14.8. The standard InChI is InChI=1S/C15H30N2/c1-6-9-11-15(10-7-2)12-13-17(5)16-14(4)8-3/h9-11,14,16H,6-8,12-13H2,1-5H3/b11-9-,15-10+. The Bertz CT molecular complexity index is 231. The minimum Gasteiger partial charge on any atom is -0.253 e. The molecule has 0 saturated heterocycles. The Labute approximate surface area is 108 Å². The van der Waals surface area contributed by atoms with Crippen molar-refractivity contribution < 1.29 is 0 Å². The molecule has 0 rings (SSSR count). The monoisotopic (exact) mass is 238 g/mol. The molecular weight excluding hydrogens is 208 g/mol. The summed E-state index contributed by atoms with van der Waals surface area (Å²) in [5.41, 5.74) is 4.92. The van der Waals surface area contributed by atoms with Gasteiger partial charge < -0.3 is 0 Å². The molecule has 0 fully saturated rings. The number of nitrogens with one attached hydrogen (secondary N) is 1. The van der Waals surface area contributed by atoms with Gasteiger partial charge in [-0.2, -0.15) is 0 Å². The first-order valence-electron chi connectivity index (χ1n) is 6.96. The van der Waals surface area contributed by atoms with E-state index in [0.29, 0.717) is 6.04 Å². The van der Waals surface area contributed by atoms with Crippen LogP contribution in [0.5, 0.6) is 0 Å². The number of hydrogen-bond acceptors (Lipinski definition) is 2. The molecule has 0 aromatic heterocycles. The summed E-state index contributed by atoms with van der Waals surface area (Å²) in [5, 5.41) is 2.21. The molecule has 0 saturated carbocycles. The molecule has 0 aliphatic heterocycles. The van der Waals surface area contributed by atoms with Crippen LogP contribution in [0.25, 0.3) is 0 Å². The molecule has 0 amide bonds. The van der Waals surface area contributed by atoms with Gasteiger partial charge in [-0.25, -0.2) is 5.01 Å². The Morgan fingerprint density at radius 3 is 2.47 bits per heavy atom. The van der Waals surface area contributed by atoms with Crippen LogP contribution in [0.3, 0.4) is 0 Å². The van der Waals surface area contributed by atoms with Crippen molar-refractivity contribution >= 4 is 0 Å². The maximum absolute atomic E-state index is 3.47. The molecule has 1 unspecified atom stereocenters. The van der Waals surface area contributed by atoms with E-state index in [9.17, 15) is 0 Å². The predicted molar refractivity (Wildman–Crippen MR) is 77.9 cm³/mol. The second-order valence-electron chi connectivity index (χ2n) is 4.61. The maximum atomic E-state index is 3.47. The van der Waals surface area contributed by atoms with Crippen LogP contribution in [-0.2, 0) is 0 Å². The molecule has 2 heteroatoms. The third-order valence-electron chi connectivity index (χ3n) is 2.82. The topological polar surface area (TPSA) is 15.3 Å². The highest BCUT2D eigenvalue weighted by atomic mass is 15.5. The van der Waals surface area contributed by atoms with Crippen LogP contribution < -0.4 is 5.43 Å². The van der Waals surface area contributed by atoms with Crippen LogP contribution >= 0.6 is 0 Å². The average Bonchev–Trinajstić information content (AvgIpc) is 2.32. The lowest BCUT2D eigenvalue weighted by atomic mass is 10.1. The van der Waals surface area contributed by atoms with Crippen molar-refractivity contribution in [2.45, 2.75) is 59.4 Å². The molecule has 0 heterocycles. The highest BCUT2D eigenvalue weighted by Gasteiger charge is 2.02. The minimum atomic E-state index is 0.560. The molecule has 0 radical (unpaired) electrons. The van der Waals surface area contributed by atoms with Gasteiger partial charge in [0, 0.05) is 19.6 Å². The summed E-state index contributed by atoms with van der Waals surface area (Å²) in [6.07, 6.45) is 11.3. The van der Waals surface area contributed by atoms with Gasteiger partial charge in [-0.05, 0) is 32.6 Å². The summed E-state index contributed by atoms with van der Waals surface area (Å²) < 4.78 is 0. The van der Waals surface area contributed by atoms with E-state index in [1.54, 1.807) is 0 Å². The first-order chi connectivity index (χ1) is 8.13. The molecule has 1 atom stereocenters. The zero-order chi connectivity index (χ0) is 13.1. The lowest BCUT2D eigenvalue weighted by Gasteiger charge is -2.22. The van der Waals surface area contributed by atoms with Crippen molar-refractivity contribution in [1.82, 2.24) is 10.4 Å². The number of nitrogens with zero attached hydrogens (tertiary/aromatic N) is 1. The van der Waals surface area contributed by atoms with Gasteiger partial charge in [-0.15, -0.1) is 0 Å². The Hall–Kier alpha value is -0.600. The molecule has 17 heavy (non-hydrogen) atoms. The van der Waals surface area contributed by atoms with Crippen LogP contribution in [0, 0.1) is 0 Å². The number of hydrazine groups is 1.